The van der Waals surface area contributed by atoms with Crippen LogP contribution in [0, 0.1) is 0 Å². The molecule has 1 aliphatic rings. The number of cyclic esters (lactones) is 1. The number of hydrogen-bond donors (Lipinski definition) is 1. The lowest BCUT2D eigenvalue weighted by Crippen LogP contribution is -2.12. The molecule has 1 heterocycles. The molecule has 2 rings (SSSR count). The third-order valence-corrected chi connectivity index (χ3v) is 2.55. The fraction of sp³-hybridized carbons (Fsp3) is 0.222. The van der Waals surface area contributed by atoms with E-state index in [1.165, 1.54) is 0 Å². The van der Waals surface area contributed by atoms with Gasteiger partial charge >= 0.3 is 6.09 Å². The molecule has 0 saturated carbocycles. The molecule has 1 saturated heterocycles. The summed E-state index contributed by atoms with van der Waals surface area (Å²) in [5.41, 5.74) is 0.773. The van der Waals surface area contributed by atoms with Gasteiger partial charge in [-0.1, -0.05) is 29.3 Å². The van der Waals surface area contributed by atoms with Crippen molar-refractivity contribution >= 4 is 29.3 Å². The van der Waals surface area contributed by atoms with Crippen molar-refractivity contribution in [1.82, 2.24) is 5.32 Å². The zero-order valence-corrected chi connectivity index (χ0v) is 8.60. The van der Waals surface area contributed by atoms with Crippen LogP contribution in [0.3, 0.4) is 0 Å². The van der Waals surface area contributed by atoms with E-state index in [1.54, 1.807) is 18.2 Å². The van der Waals surface area contributed by atoms with Gasteiger partial charge in [0, 0.05) is 15.6 Å². The zero-order chi connectivity index (χ0) is 10.1. The summed E-state index contributed by atoms with van der Waals surface area (Å²) in [5.74, 6) is 0. The van der Waals surface area contributed by atoms with Crippen LogP contribution in [0.2, 0.25) is 10.0 Å². The van der Waals surface area contributed by atoms with E-state index >= 15 is 0 Å². The fourth-order valence-electron chi connectivity index (χ4n) is 1.32. The highest BCUT2D eigenvalue weighted by Crippen LogP contribution is 2.29. The maximum absolute atomic E-state index is 10.8. The van der Waals surface area contributed by atoms with Gasteiger partial charge in [-0.15, -0.1) is 0 Å². The van der Waals surface area contributed by atoms with E-state index in [4.69, 9.17) is 27.9 Å². The molecule has 1 atom stereocenters. The minimum Gasteiger partial charge on any atom is -0.439 e. The van der Waals surface area contributed by atoms with Crippen molar-refractivity contribution in [3.63, 3.8) is 0 Å². The smallest absolute Gasteiger partial charge is 0.407 e. The van der Waals surface area contributed by atoms with Gasteiger partial charge in [0.05, 0.1) is 6.54 Å². The van der Waals surface area contributed by atoms with Crippen molar-refractivity contribution in [2.24, 2.45) is 0 Å². The number of ether oxygens (including phenoxy) is 1. The number of benzene rings is 1. The summed E-state index contributed by atoms with van der Waals surface area (Å²) >= 11 is 11.7. The quantitative estimate of drug-likeness (QED) is 0.808. The molecule has 1 aliphatic heterocycles. The summed E-state index contributed by atoms with van der Waals surface area (Å²) in [6.45, 7) is 0.445. The van der Waals surface area contributed by atoms with Gasteiger partial charge in [0.15, 0.2) is 0 Å². The predicted molar refractivity (Wildman–Crippen MR) is 53.7 cm³/mol. The van der Waals surface area contributed by atoms with Crippen LogP contribution >= 0.6 is 23.2 Å². The van der Waals surface area contributed by atoms with E-state index in [-0.39, 0.29) is 6.10 Å². The van der Waals surface area contributed by atoms with Gasteiger partial charge in [-0.2, -0.15) is 0 Å². The number of amides is 1. The van der Waals surface area contributed by atoms with Gasteiger partial charge in [0.25, 0.3) is 0 Å². The second-order valence-corrected chi connectivity index (χ2v) is 3.78. The Hall–Kier alpha value is -0.930. The van der Waals surface area contributed by atoms with E-state index < -0.39 is 6.09 Å². The molecule has 3 nitrogen and oxygen atoms in total. The first-order valence-corrected chi connectivity index (χ1v) is 4.82. The van der Waals surface area contributed by atoms with Crippen molar-refractivity contribution in [1.29, 1.82) is 0 Å². The van der Waals surface area contributed by atoms with Crippen LogP contribution in [-0.2, 0) is 4.74 Å². The highest BCUT2D eigenvalue weighted by atomic mass is 35.5. The largest absolute Gasteiger partial charge is 0.439 e. The second kappa shape index (κ2) is 3.67. The Bertz CT molecular complexity index is 381. The first kappa shape index (κ1) is 9.62. The van der Waals surface area contributed by atoms with E-state index in [1.807, 2.05) is 0 Å². The first-order valence-electron chi connectivity index (χ1n) is 4.06. The Labute approximate surface area is 91.0 Å². The van der Waals surface area contributed by atoms with Gasteiger partial charge in [0.2, 0.25) is 0 Å². The molecule has 1 N–H and O–H groups in total. The summed E-state index contributed by atoms with van der Waals surface area (Å²) in [5, 5.41) is 3.64. The molecule has 1 unspecified atom stereocenters. The third-order valence-electron chi connectivity index (χ3n) is 1.99. The molecule has 0 aliphatic carbocycles. The summed E-state index contributed by atoms with van der Waals surface area (Å²) in [7, 11) is 0. The summed E-state index contributed by atoms with van der Waals surface area (Å²) in [6, 6.07) is 5.11. The Morgan fingerprint density at radius 2 is 2.21 bits per heavy atom. The molecule has 74 valence electrons. The number of carbonyl (C=O) groups excluding carboxylic acids is 1. The van der Waals surface area contributed by atoms with E-state index in [0.717, 1.165) is 5.56 Å². The average Bonchev–Trinajstić information content (AvgIpc) is 2.51. The fourth-order valence-corrected chi connectivity index (χ4v) is 1.85. The molecule has 1 amide bonds. The van der Waals surface area contributed by atoms with Gasteiger partial charge in [-0.3, -0.25) is 0 Å². The monoisotopic (exact) mass is 231 g/mol. The molecule has 0 bridgehead atoms. The molecular formula is C9H7Cl2NO2. The van der Waals surface area contributed by atoms with Crippen molar-refractivity contribution < 1.29 is 9.53 Å². The second-order valence-electron chi connectivity index (χ2n) is 2.94. The molecule has 14 heavy (non-hydrogen) atoms. The average molecular weight is 232 g/mol. The van der Waals surface area contributed by atoms with E-state index in [2.05, 4.69) is 5.32 Å². The van der Waals surface area contributed by atoms with Crippen LogP contribution in [0.25, 0.3) is 0 Å². The topological polar surface area (TPSA) is 38.3 Å². The van der Waals surface area contributed by atoms with Crippen molar-refractivity contribution in [3.05, 3.63) is 33.8 Å². The molecule has 0 aromatic heterocycles. The lowest BCUT2D eigenvalue weighted by atomic mass is 10.1. The van der Waals surface area contributed by atoms with Crippen LogP contribution < -0.4 is 5.32 Å². The zero-order valence-electron chi connectivity index (χ0n) is 7.09. The Morgan fingerprint density at radius 1 is 1.43 bits per heavy atom. The van der Waals surface area contributed by atoms with Crippen LogP contribution in [0.15, 0.2) is 18.2 Å². The van der Waals surface area contributed by atoms with Gasteiger partial charge in [0.1, 0.15) is 6.10 Å². The van der Waals surface area contributed by atoms with E-state index in [9.17, 15) is 4.79 Å². The number of rotatable bonds is 1. The highest BCUT2D eigenvalue weighted by molar-refractivity contribution is 6.35. The Morgan fingerprint density at radius 3 is 2.79 bits per heavy atom. The number of halogens is 2. The Kier molecular flexibility index (Phi) is 2.52. The lowest BCUT2D eigenvalue weighted by Gasteiger charge is -2.09. The predicted octanol–water partition coefficient (Wildman–Crippen LogP) is 2.77. The number of nitrogens with one attached hydrogen (secondary N) is 1. The standard InChI is InChI=1S/C9H7Cl2NO2/c10-5-1-2-6(7(11)3-5)8-4-12-9(13)14-8/h1-3,8H,4H2,(H,12,13). The SMILES string of the molecule is O=C1NCC(c2ccc(Cl)cc2Cl)O1. The maximum atomic E-state index is 10.8. The third kappa shape index (κ3) is 1.79. The van der Waals surface area contributed by atoms with Gasteiger partial charge in [-0.25, -0.2) is 4.79 Å². The Balaban J connectivity index is 2.28. The molecule has 1 fully saturated rings. The minimum absolute atomic E-state index is 0.313. The van der Waals surface area contributed by atoms with Crippen LogP contribution in [-0.4, -0.2) is 12.6 Å². The molecule has 1 aromatic carbocycles. The molecule has 5 heteroatoms. The molecule has 1 aromatic rings. The molecule has 0 spiro atoms. The van der Waals surface area contributed by atoms with E-state index in [0.29, 0.717) is 16.6 Å². The number of alkyl carbamates (subject to hydrolysis) is 1. The number of hydrogen-bond acceptors (Lipinski definition) is 2. The summed E-state index contributed by atoms with van der Waals surface area (Å²) in [4.78, 5) is 10.8. The number of carbonyl (C=O) groups is 1. The van der Waals surface area contributed by atoms with Crippen LogP contribution in [0.1, 0.15) is 11.7 Å². The molecule has 0 radical (unpaired) electrons. The van der Waals surface area contributed by atoms with Crippen molar-refractivity contribution in [2.45, 2.75) is 6.10 Å². The summed E-state index contributed by atoms with van der Waals surface area (Å²) in [6.07, 6.45) is -0.728. The lowest BCUT2D eigenvalue weighted by molar-refractivity contribution is 0.141. The first-order chi connectivity index (χ1) is 6.66. The normalized spacial score (nSPS) is 20.4. The highest BCUT2D eigenvalue weighted by Gasteiger charge is 2.25. The molecular weight excluding hydrogens is 225 g/mol. The maximum Gasteiger partial charge on any atom is 0.407 e. The minimum atomic E-state index is -0.416. The van der Waals surface area contributed by atoms with Crippen LogP contribution in [0.5, 0.6) is 0 Å². The van der Waals surface area contributed by atoms with Gasteiger partial charge < -0.3 is 10.1 Å². The summed E-state index contributed by atoms with van der Waals surface area (Å²) < 4.78 is 4.99. The van der Waals surface area contributed by atoms with Crippen molar-refractivity contribution in [3.8, 4) is 0 Å². The van der Waals surface area contributed by atoms with Crippen molar-refractivity contribution in [2.75, 3.05) is 6.54 Å². The van der Waals surface area contributed by atoms with Gasteiger partial charge in [-0.05, 0) is 12.1 Å². The van der Waals surface area contributed by atoms with Crippen LogP contribution in [0.4, 0.5) is 4.79 Å².